The number of rotatable bonds is 5. The summed E-state index contributed by atoms with van der Waals surface area (Å²) >= 11 is 0. The molecule has 0 saturated heterocycles. The lowest BCUT2D eigenvalue weighted by molar-refractivity contribution is -0.0225. The van der Waals surface area contributed by atoms with Crippen LogP contribution >= 0.6 is 0 Å². The normalized spacial score (nSPS) is 15.1. The Morgan fingerprint density at radius 3 is 2.19 bits per heavy atom. The lowest BCUT2D eigenvalue weighted by atomic mass is 9.89. The summed E-state index contributed by atoms with van der Waals surface area (Å²) in [4.78, 5) is 0. The van der Waals surface area contributed by atoms with Gasteiger partial charge in [0.1, 0.15) is 11.9 Å². The molecule has 0 saturated carbocycles. The minimum Gasteiger partial charge on any atom is -0.390 e. The summed E-state index contributed by atoms with van der Waals surface area (Å²) < 4.78 is 13.4. The first-order valence-electron chi connectivity index (χ1n) is 5.72. The van der Waals surface area contributed by atoms with Gasteiger partial charge in [0.05, 0.1) is 6.10 Å². The van der Waals surface area contributed by atoms with Crippen LogP contribution in [-0.2, 0) is 0 Å². The Kier molecular flexibility index (Phi) is 4.90. The summed E-state index contributed by atoms with van der Waals surface area (Å²) in [6.45, 7) is 3.90. The van der Waals surface area contributed by atoms with Gasteiger partial charge in [-0.3, -0.25) is 0 Å². The molecule has 0 spiro atoms. The third-order valence-electron chi connectivity index (χ3n) is 3.08. The smallest absolute Gasteiger partial charge is 0.129 e. The Morgan fingerprint density at radius 1 is 1.12 bits per heavy atom. The van der Waals surface area contributed by atoms with E-state index in [-0.39, 0.29) is 11.5 Å². The Balaban J connectivity index is 2.85. The number of aliphatic hydroxyl groups excluding tert-OH is 2. The van der Waals surface area contributed by atoms with E-state index in [1.165, 1.54) is 12.1 Å². The van der Waals surface area contributed by atoms with Gasteiger partial charge in [-0.25, -0.2) is 4.39 Å². The van der Waals surface area contributed by atoms with E-state index >= 15 is 0 Å². The molecule has 2 atom stereocenters. The maximum atomic E-state index is 13.4. The van der Waals surface area contributed by atoms with Crippen LogP contribution in [0.5, 0.6) is 0 Å². The van der Waals surface area contributed by atoms with E-state index in [0.717, 1.165) is 12.8 Å². The van der Waals surface area contributed by atoms with E-state index < -0.39 is 18.0 Å². The van der Waals surface area contributed by atoms with Gasteiger partial charge in [0.2, 0.25) is 0 Å². The average Bonchev–Trinajstić information content (AvgIpc) is 2.30. The topological polar surface area (TPSA) is 40.5 Å². The zero-order chi connectivity index (χ0) is 12.1. The molecule has 1 rings (SSSR count). The summed E-state index contributed by atoms with van der Waals surface area (Å²) in [7, 11) is 0. The van der Waals surface area contributed by atoms with E-state index in [1.54, 1.807) is 12.1 Å². The maximum Gasteiger partial charge on any atom is 0.129 e. The highest BCUT2D eigenvalue weighted by molar-refractivity contribution is 5.20. The Bertz CT molecular complexity index is 323. The highest BCUT2D eigenvalue weighted by Gasteiger charge is 2.26. The molecule has 1 aromatic carbocycles. The number of hydrogen-bond acceptors (Lipinski definition) is 2. The number of benzene rings is 1. The summed E-state index contributed by atoms with van der Waals surface area (Å²) in [6.07, 6.45) is -0.523. The Morgan fingerprint density at radius 2 is 1.69 bits per heavy atom. The fraction of sp³-hybridized carbons (Fsp3) is 0.538. The van der Waals surface area contributed by atoms with Gasteiger partial charge in [-0.05, 0) is 12.0 Å². The minimum atomic E-state index is -1.15. The van der Waals surface area contributed by atoms with Crippen molar-refractivity contribution in [3.05, 3.63) is 35.6 Å². The van der Waals surface area contributed by atoms with Crippen molar-refractivity contribution in [2.24, 2.45) is 5.92 Å². The van der Waals surface area contributed by atoms with E-state index in [4.69, 9.17) is 0 Å². The van der Waals surface area contributed by atoms with Gasteiger partial charge in [-0.15, -0.1) is 0 Å². The lowest BCUT2D eigenvalue weighted by Gasteiger charge is -2.25. The van der Waals surface area contributed by atoms with Crippen molar-refractivity contribution in [1.82, 2.24) is 0 Å². The fourth-order valence-electron chi connectivity index (χ4n) is 1.93. The molecule has 0 amide bonds. The van der Waals surface area contributed by atoms with E-state index in [9.17, 15) is 14.6 Å². The molecule has 0 heterocycles. The van der Waals surface area contributed by atoms with Crippen molar-refractivity contribution in [3.8, 4) is 0 Å². The second-order valence-corrected chi connectivity index (χ2v) is 4.03. The van der Waals surface area contributed by atoms with Crippen LogP contribution in [0, 0.1) is 11.7 Å². The number of halogens is 1. The van der Waals surface area contributed by atoms with Gasteiger partial charge < -0.3 is 10.2 Å². The number of hydrogen-bond donors (Lipinski definition) is 2. The fourth-order valence-corrected chi connectivity index (χ4v) is 1.93. The minimum absolute atomic E-state index is 0.00499. The Labute approximate surface area is 95.7 Å². The summed E-state index contributed by atoms with van der Waals surface area (Å²) in [5, 5.41) is 19.9. The molecule has 0 radical (unpaired) electrons. The lowest BCUT2D eigenvalue weighted by Crippen LogP contribution is -2.27. The van der Waals surface area contributed by atoms with Gasteiger partial charge in [0.15, 0.2) is 0 Å². The molecule has 1 aromatic rings. The summed E-state index contributed by atoms with van der Waals surface area (Å²) in [5.74, 6) is -0.477. The van der Waals surface area contributed by atoms with E-state index in [0.29, 0.717) is 0 Å². The highest BCUT2D eigenvalue weighted by Crippen LogP contribution is 2.27. The van der Waals surface area contributed by atoms with Crippen LogP contribution in [0.1, 0.15) is 38.4 Å². The van der Waals surface area contributed by atoms with Crippen molar-refractivity contribution in [2.75, 3.05) is 0 Å². The zero-order valence-electron chi connectivity index (χ0n) is 9.73. The van der Waals surface area contributed by atoms with Gasteiger partial charge in [-0.1, -0.05) is 44.9 Å². The van der Waals surface area contributed by atoms with Crippen molar-refractivity contribution >= 4 is 0 Å². The predicted octanol–water partition coefficient (Wildman–Crippen LogP) is 2.66. The van der Waals surface area contributed by atoms with Crippen LogP contribution in [0.2, 0.25) is 0 Å². The van der Waals surface area contributed by atoms with Crippen LogP contribution in [-0.4, -0.2) is 16.3 Å². The zero-order valence-corrected chi connectivity index (χ0v) is 9.73. The van der Waals surface area contributed by atoms with E-state index in [2.05, 4.69) is 0 Å². The molecule has 0 fully saturated rings. The summed E-state index contributed by atoms with van der Waals surface area (Å²) in [5.41, 5.74) is 0.168. The molecule has 3 heteroatoms. The van der Waals surface area contributed by atoms with E-state index in [1.807, 2.05) is 13.8 Å². The number of aliphatic hydroxyl groups is 2. The third-order valence-corrected chi connectivity index (χ3v) is 3.08. The molecule has 2 nitrogen and oxygen atoms in total. The first-order valence-corrected chi connectivity index (χ1v) is 5.72. The first kappa shape index (κ1) is 13.1. The van der Waals surface area contributed by atoms with Crippen molar-refractivity contribution in [1.29, 1.82) is 0 Å². The molecule has 0 aliphatic carbocycles. The monoisotopic (exact) mass is 226 g/mol. The van der Waals surface area contributed by atoms with Crippen molar-refractivity contribution in [2.45, 2.75) is 38.9 Å². The van der Waals surface area contributed by atoms with Gasteiger partial charge in [0, 0.05) is 5.56 Å². The van der Waals surface area contributed by atoms with Crippen molar-refractivity contribution in [3.63, 3.8) is 0 Å². The SMILES string of the molecule is CCC(CC)C(O)C(O)c1ccccc1F. The van der Waals surface area contributed by atoms with Crippen LogP contribution in [0.15, 0.2) is 24.3 Å². The standard InChI is InChI=1S/C13H19FO2/c1-3-9(4-2)12(15)13(16)10-7-5-6-8-11(10)14/h5-9,12-13,15-16H,3-4H2,1-2H3. The molecule has 16 heavy (non-hydrogen) atoms. The molecule has 2 unspecified atom stereocenters. The van der Waals surface area contributed by atoms with Crippen LogP contribution in [0.25, 0.3) is 0 Å². The first-order chi connectivity index (χ1) is 7.61. The molecule has 0 aromatic heterocycles. The molecular weight excluding hydrogens is 207 g/mol. The van der Waals surface area contributed by atoms with Gasteiger partial charge in [0.25, 0.3) is 0 Å². The second-order valence-electron chi connectivity index (χ2n) is 4.03. The van der Waals surface area contributed by atoms with Crippen LogP contribution in [0.3, 0.4) is 0 Å². The van der Waals surface area contributed by atoms with Gasteiger partial charge in [-0.2, -0.15) is 0 Å². The summed E-state index contributed by atoms with van der Waals surface area (Å²) in [6, 6.07) is 6.01. The quantitative estimate of drug-likeness (QED) is 0.810. The van der Waals surface area contributed by atoms with Crippen molar-refractivity contribution < 1.29 is 14.6 Å². The molecule has 90 valence electrons. The van der Waals surface area contributed by atoms with Crippen LogP contribution in [0.4, 0.5) is 4.39 Å². The van der Waals surface area contributed by atoms with Gasteiger partial charge >= 0.3 is 0 Å². The molecule has 0 bridgehead atoms. The third kappa shape index (κ3) is 2.80. The molecular formula is C13H19FO2. The molecule has 0 aliphatic heterocycles. The largest absolute Gasteiger partial charge is 0.390 e. The Hall–Kier alpha value is -0.930. The predicted molar refractivity (Wildman–Crippen MR) is 61.4 cm³/mol. The van der Waals surface area contributed by atoms with Crippen LogP contribution < -0.4 is 0 Å². The molecule has 0 aliphatic rings. The molecule has 2 N–H and O–H groups in total. The average molecular weight is 226 g/mol. The second kappa shape index (κ2) is 5.97. The highest BCUT2D eigenvalue weighted by atomic mass is 19.1. The maximum absolute atomic E-state index is 13.4.